The first kappa shape index (κ1) is 33.2. The number of anilines is 1. The van der Waals surface area contributed by atoms with Crippen LogP contribution in [0.25, 0.3) is 0 Å². The van der Waals surface area contributed by atoms with Gasteiger partial charge in [0.25, 0.3) is 10.0 Å². The molecule has 240 valence electrons. The topological polar surface area (TPSA) is 96.0 Å². The van der Waals surface area contributed by atoms with Crippen molar-refractivity contribution in [1.29, 1.82) is 0 Å². The molecule has 10 heteroatoms. The number of amides is 2. The maximum Gasteiger partial charge on any atom is 0.264 e. The number of halogens is 1. The number of hydrogen-bond donors (Lipinski definition) is 1. The quantitative estimate of drug-likeness (QED) is 0.175. The number of ether oxygens (including phenoxy) is 1. The van der Waals surface area contributed by atoms with Crippen LogP contribution in [0.4, 0.5) is 5.69 Å². The molecule has 1 N–H and O–H groups in total. The zero-order valence-corrected chi connectivity index (χ0v) is 28.1. The largest absolute Gasteiger partial charge is 0.497 e. The van der Waals surface area contributed by atoms with E-state index in [0.717, 1.165) is 45.6 Å². The number of sulfonamides is 1. The molecule has 0 heterocycles. The Hall–Kier alpha value is -4.15. The van der Waals surface area contributed by atoms with E-state index in [2.05, 4.69) is 21.2 Å². The number of carbonyl (C=O) groups is 2. The smallest absolute Gasteiger partial charge is 0.264 e. The zero-order chi connectivity index (χ0) is 32.5. The van der Waals surface area contributed by atoms with E-state index in [1.165, 1.54) is 24.1 Å². The van der Waals surface area contributed by atoms with Crippen molar-refractivity contribution < 1.29 is 22.7 Å². The first-order valence-electron chi connectivity index (χ1n) is 15.3. The van der Waals surface area contributed by atoms with Gasteiger partial charge in [-0.3, -0.25) is 13.9 Å². The highest BCUT2D eigenvalue weighted by Crippen LogP contribution is 2.27. The minimum absolute atomic E-state index is 0.0443. The Morgan fingerprint density at radius 3 is 2.13 bits per heavy atom. The zero-order valence-electron chi connectivity index (χ0n) is 25.7. The van der Waals surface area contributed by atoms with Gasteiger partial charge in [-0.1, -0.05) is 89.4 Å². The van der Waals surface area contributed by atoms with E-state index < -0.39 is 28.5 Å². The highest BCUT2D eigenvalue weighted by atomic mass is 79.9. The Morgan fingerprint density at radius 1 is 0.870 bits per heavy atom. The molecule has 4 aromatic rings. The van der Waals surface area contributed by atoms with Crippen LogP contribution >= 0.6 is 15.9 Å². The predicted molar refractivity (Wildman–Crippen MR) is 183 cm³/mol. The van der Waals surface area contributed by atoms with Crippen molar-refractivity contribution in [2.75, 3.05) is 18.0 Å². The lowest BCUT2D eigenvalue weighted by molar-refractivity contribution is -0.140. The van der Waals surface area contributed by atoms with Gasteiger partial charge in [0.05, 0.1) is 17.7 Å². The normalized spacial score (nSPS) is 14.0. The molecule has 1 atom stereocenters. The van der Waals surface area contributed by atoms with Crippen molar-refractivity contribution in [2.45, 2.75) is 55.6 Å². The summed E-state index contributed by atoms with van der Waals surface area (Å²) in [6.45, 7) is -0.407. The Morgan fingerprint density at radius 2 is 1.50 bits per heavy atom. The summed E-state index contributed by atoms with van der Waals surface area (Å²) in [7, 11) is -2.64. The van der Waals surface area contributed by atoms with Crippen LogP contribution in [0.15, 0.2) is 119 Å². The average Bonchev–Trinajstić information content (AvgIpc) is 3.59. The van der Waals surface area contributed by atoms with E-state index in [1.807, 2.05) is 54.6 Å². The molecule has 0 aromatic heterocycles. The average molecular weight is 705 g/mol. The molecule has 5 rings (SSSR count). The Kier molecular flexibility index (Phi) is 11.1. The molecule has 8 nitrogen and oxygen atoms in total. The van der Waals surface area contributed by atoms with Gasteiger partial charge in [-0.15, -0.1) is 0 Å². The summed E-state index contributed by atoms with van der Waals surface area (Å²) in [6.07, 6.45) is 4.15. The lowest BCUT2D eigenvalue weighted by atomic mass is 10.0. The van der Waals surface area contributed by atoms with Crippen LogP contribution in [-0.4, -0.2) is 50.9 Å². The lowest BCUT2D eigenvalue weighted by Crippen LogP contribution is -2.54. The first-order valence-corrected chi connectivity index (χ1v) is 17.6. The van der Waals surface area contributed by atoms with Gasteiger partial charge in [0.2, 0.25) is 11.8 Å². The van der Waals surface area contributed by atoms with Gasteiger partial charge in [-0.2, -0.15) is 0 Å². The molecule has 0 aliphatic heterocycles. The molecule has 0 saturated heterocycles. The van der Waals surface area contributed by atoms with Gasteiger partial charge in [0.15, 0.2) is 0 Å². The maximum atomic E-state index is 14.6. The van der Waals surface area contributed by atoms with Crippen molar-refractivity contribution in [3.63, 3.8) is 0 Å². The first-order chi connectivity index (χ1) is 22.2. The van der Waals surface area contributed by atoms with Crippen molar-refractivity contribution in [2.24, 2.45) is 0 Å². The van der Waals surface area contributed by atoms with Gasteiger partial charge < -0.3 is 15.0 Å². The second-order valence-electron chi connectivity index (χ2n) is 11.4. The monoisotopic (exact) mass is 703 g/mol. The molecule has 1 saturated carbocycles. The summed E-state index contributed by atoms with van der Waals surface area (Å²) in [5.74, 6) is -0.200. The molecule has 2 amide bonds. The highest BCUT2D eigenvalue weighted by Gasteiger charge is 2.35. The fraction of sp³-hybridized carbons (Fsp3) is 0.278. The molecular weight excluding hydrogens is 666 g/mol. The Balaban J connectivity index is 1.56. The van der Waals surface area contributed by atoms with Gasteiger partial charge in [-0.25, -0.2) is 8.42 Å². The third-order valence-corrected chi connectivity index (χ3v) is 10.5. The van der Waals surface area contributed by atoms with Gasteiger partial charge in [-0.05, 0) is 72.5 Å². The standard InChI is InChI=1S/C36H38BrN3O5S/c1-45-32-21-19-31(20-22-32)40(46(43,44)33-17-6-3-7-18-33)26-35(41)39(25-28-13-10-14-29(37)23-28)34(24-27-11-4-2-5-12-27)36(42)38-30-15-8-9-16-30/h2-7,10-14,17-23,30,34H,8-9,15-16,24-26H2,1H3,(H,38,42)/t34-/m1/s1. The van der Waals surface area contributed by atoms with Crippen LogP contribution in [-0.2, 0) is 32.6 Å². The number of methoxy groups -OCH3 is 1. The van der Waals surface area contributed by atoms with Crippen LogP contribution in [0.1, 0.15) is 36.8 Å². The Bertz CT molecular complexity index is 1710. The van der Waals surface area contributed by atoms with Crippen molar-refractivity contribution in [3.8, 4) is 5.75 Å². The molecule has 1 aliphatic rings. The molecular formula is C36H38BrN3O5S. The van der Waals surface area contributed by atoms with E-state index in [-0.39, 0.29) is 29.8 Å². The van der Waals surface area contributed by atoms with Gasteiger partial charge in [0.1, 0.15) is 18.3 Å². The fourth-order valence-electron chi connectivity index (χ4n) is 5.75. The molecule has 46 heavy (non-hydrogen) atoms. The Labute approximate surface area is 279 Å². The number of hydrogen-bond acceptors (Lipinski definition) is 5. The summed E-state index contributed by atoms with van der Waals surface area (Å²) >= 11 is 3.52. The second-order valence-corrected chi connectivity index (χ2v) is 14.1. The van der Waals surface area contributed by atoms with E-state index in [4.69, 9.17) is 4.74 Å². The summed E-state index contributed by atoms with van der Waals surface area (Å²) in [5, 5.41) is 3.20. The van der Waals surface area contributed by atoms with E-state index >= 15 is 0 Å². The van der Waals surface area contributed by atoms with Crippen LogP contribution < -0.4 is 14.4 Å². The van der Waals surface area contributed by atoms with E-state index in [1.54, 1.807) is 42.5 Å². The summed E-state index contributed by atoms with van der Waals surface area (Å²) in [5.41, 5.74) is 2.00. The lowest BCUT2D eigenvalue weighted by Gasteiger charge is -2.34. The summed E-state index contributed by atoms with van der Waals surface area (Å²) in [6, 6.07) is 30.8. The number of benzene rings is 4. The maximum absolute atomic E-state index is 14.6. The SMILES string of the molecule is COc1ccc(N(CC(=O)N(Cc2cccc(Br)c2)[C@H](Cc2ccccc2)C(=O)NC2CCCC2)S(=O)(=O)c2ccccc2)cc1. The molecule has 0 unspecified atom stereocenters. The summed E-state index contributed by atoms with van der Waals surface area (Å²) in [4.78, 5) is 30.3. The number of nitrogens with zero attached hydrogens (tertiary/aromatic N) is 2. The minimum Gasteiger partial charge on any atom is -0.497 e. The molecule has 4 aromatic carbocycles. The number of carbonyl (C=O) groups excluding carboxylic acids is 2. The minimum atomic E-state index is -4.17. The molecule has 0 radical (unpaired) electrons. The third-order valence-electron chi connectivity index (χ3n) is 8.19. The summed E-state index contributed by atoms with van der Waals surface area (Å²) < 4.78 is 35.5. The van der Waals surface area contributed by atoms with Crippen LogP contribution in [0.3, 0.4) is 0 Å². The van der Waals surface area contributed by atoms with Gasteiger partial charge in [0, 0.05) is 23.5 Å². The highest BCUT2D eigenvalue weighted by molar-refractivity contribution is 9.10. The molecule has 1 fully saturated rings. The van der Waals surface area contributed by atoms with Crippen molar-refractivity contribution in [1.82, 2.24) is 10.2 Å². The van der Waals surface area contributed by atoms with Crippen molar-refractivity contribution >= 4 is 43.5 Å². The predicted octanol–water partition coefficient (Wildman–Crippen LogP) is 6.35. The second kappa shape index (κ2) is 15.4. The van der Waals surface area contributed by atoms with E-state index in [0.29, 0.717) is 11.4 Å². The fourth-order valence-corrected chi connectivity index (χ4v) is 7.63. The van der Waals surface area contributed by atoms with Crippen LogP contribution in [0, 0.1) is 0 Å². The van der Waals surface area contributed by atoms with Gasteiger partial charge >= 0.3 is 0 Å². The number of rotatable bonds is 13. The third kappa shape index (κ3) is 8.35. The van der Waals surface area contributed by atoms with Crippen LogP contribution in [0.5, 0.6) is 5.75 Å². The van der Waals surface area contributed by atoms with Crippen molar-refractivity contribution in [3.05, 3.63) is 125 Å². The number of nitrogens with one attached hydrogen (secondary N) is 1. The molecule has 0 bridgehead atoms. The van der Waals surface area contributed by atoms with Crippen LogP contribution in [0.2, 0.25) is 0 Å². The van der Waals surface area contributed by atoms with E-state index in [9.17, 15) is 18.0 Å². The molecule has 1 aliphatic carbocycles. The molecule has 0 spiro atoms.